The summed E-state index contributed by atoms with van der Waals surface area (Å²) < 4.78 is 1.17. The van der Waals surface area contributed by atoms with Crippen molar-refractivity contribution in [3.63, 3.8) is 0 Å². The number of pyridine rings is 1. The van der Waals surface area contributed by atoms with E-state index in [1.165, 1.54) is 9.58 Å². The minimum atomic E-state index is -0.00380. The van der Waals surface area contributed by atoms with Crippen molar-refractivity contribution in [2.75, 3.05) is 0 Å². The molecule has 3 aromatic rings. The van der Waals surface area contributed by atoms with Gasteiger partial charge in [0.1, 0.15) is 0 Å². The van der Waals surface area contributed by atoms with Crippen molar-refractivity contribution in [3.05, 3.63) is 45.6 Å². The summed E-state index contributed by atoms with van der Waals surface area (Å²) in [7, 11) is 0. The summed E-state index contributed by atoms with van der Waals surface area (Å²) in [5, 5.41) is 1.82. The number of aromatic amines is 1. The maximum atomic E-state index is 11.8. The Morgan fingerprint density at radius 1 is 1.20 bits per heavy atom. The van der Waals surface area contributed by atoms with Crippen LogP contribution in [0.1, 0.15) is 4.88 Å². The van der Waals surface area contributed by atoms with Crippen molar-refractivity contribution >= 4 is 32.3 Å². The number of fused-ring (bicyclic) bond motifs is 3. The Morgan fingerprint density at radius 3 is 2.73 bits per heavy atom. The normalized spacial score (nSPS) is 11.3. The largest absolute Gasteiger partial charge is 0.321 e. The molecule has 2 heterocycles. The van der Waals surface area contributed by atoms with Gasteiger partial charge in [0, 0.05) is 15.6 Å². The zero-order valence-electron chi connectivity index (χ0n) is 8.20. The van der Waals surface area contributed by atoms with Gasteiger partial charge in [-0.3, -0.25) is 4.79 Å². The molecule has 74 valence electrons. The third kappa shape index (κ3) is 1.20. The molecule has 0 aliphatic carbocycles. The Bertz CT molecular complexity index is 708. The number of benzene rings is 1. The molecule has 0 atom stereocenters. The van der Waals surface area contributed by atoms with Crippen LogP contribution >= 0.6 is 11.3 Å². The number of hydrogen-bond donors (Lipinski definition) is 1. The lowest BCUT2D eigenvalue weighted by Gasteiger charge is -1.97. The van der Waals surface area contributed by atoms with Crippen molar-refractivity contribution in [2.24, 2.45) is 0 Å². The van der Waals surface area contributed by atoms with Crippen molar-refractivity contribution in [1.29, 1.82) is 0 Å². The van der Waals surface area contributed by atoms with Gasteiger partial charge in [-0.25, -0.2) is 0 Å². The molecule has 0 unspecified atom stereocenters. The van der Waals surface area contributed by atoms with Crippen molar-refractivity contribution in [2.45, 2.75) is 6.92 Å². The average molecular weight is 215 g/mol. The fourth-order valence-electron chi connectivity index (χ4n) is 1.88. The quantitative estimate of drug-likeness (QED) is 0.614. The molecule has 0 spiro atoms. The van der Waals surface area contributed by atoms with Gasteiger partial charge in [-0.15, -0.1) is 11.3 Å². The molecule has 2 nitrogen and oxygen atoms in total. The van der Waals surface area contributed by atoms with Gasteiger partial charge in [-0.1, -0.05) is 18.2 Å². The van der Waals surface area contributed by atoms with Crippen LogP contribution in [0.4, 0.5) is 0 Å². The van der Waals surface area contributed by atoms with Crippen LogP contribution in [0, 0.1) is 6.92 Å². The molecule has 0 saturated carbocycles. The standard InChI is InChI=1S/C12H9NOS/c1-7-6-10-11(15-7)8-4-2-3-5-9(8)12(14)13-10/h2-6H,1H3,(H,13,14). The minimum absolute atomic E-state index is 0.00380. The van der Waals surface area contributed by atoms with E-state index < -0.39 is 0 Å². The Labute approximate surface area is 90.2 Å². The highest BCUT2D eigenvalue weighted by molar-refractivity contribution is 7.19. The van der Waals surface area contributed by atoms with Crippen LogP contribution < -0.4 is 5.56 Å². The van der Waals surface area contributed by atoms with E-state index in [9.17, 15) is 4.79 Å². The Balaban J connectivity index is 2.69. The first-order chi connectivity index (χ1) is 7.25. The zero-order chi connectivity index (χ0) is 10.4. The molecule has 0 saturated heterocycles. The molecule has 3 heteroatoms. The van der Waals surface area contributed by atoms with E-state index >= 15 is 0 Å². The lowest BCUT2D eigenvalue weighted by molar-refractivity contribution is 1.35. The van der Waals surface area contributed by atoms with Crippen LogP contribution in [0.15, 0.2) is 35.1 Å². The first-order valence-corrected chi connectivity index (χ1v) is 5.58. The van der Waals surface area contributed by atoms with E-state index in [1.54, 1.807) is 11.3 Å². The van der Waals surface area contributed by atoms with Gasteiger partial charge in [0.25, 0.3) is 5.56 Å². The lowest BCUT2D eigenvalue weighted by Crippen LogP contribution is -2.04. The SMILES string of the molecule is Cc1cc2[nH]c(=O)c3ccccc3c2s1. The number of rotatable bonds is 0. The number of thiophene rings is 1. The van der Waals surface area contributed by atoms with Gasteiger partial charge in [0.2, 0.25) is 0 Å². The van der Waals surface area contributed by atoms with Gasteiger partial charge in [-0.05, 0) is 19.1 Å². The molecular weight excluding hydrogens is 206 g/mol. The summed E-state index contributed by atoms with van der Waals surface area (Å²) in [5.74, 6) is 0. The van der Waals surface area contributed by atoms with Crippen molar-refractivity contribution in [1.82, 2.24) is 4.98 Å². The summed E-state index contributed by atoms with van der Waals surface area (Å²) in [6.45, 7) is 2.05. The van der Waals surface area contributed by atoms with Gasteiger partial charge in [-0.2, -0.15) is 0 Å². The van der Waals surface area contributed by atoms with Crippen LogP contribution in [0.3, 0.4) is 0 Å². The molecule has 0 amide bonds. The van der Waals surface area contributed by atoms with E-state index in [4.69, 9.17) is 0 Å². The smallest absolute Gasteiger partial charge is 0.256 e. The number of hydrogen-bond acceptors (Lipinski definition) is 2. The number of nitrogens with one attached hydrogen (secondary N) is 1. The molecular formula is C12H9NOS. The highest BCUT2D eigenvalue weighted by Crippen LogP contribution is 2.28. The molecule has 0 aliphatic rings. The van der Waals surface area contributed by atoms with Crippen molar-refractivity contribution < 1.29 is 0 Å². The predicted molar refractivity (Wildman–Crippen MR) is 64.7 cm³/mol. The second-order valence-electron chi connectivity index (χ2n) is 3.60. The first-order valence-electron chi connectivity index (χ1n) is 4.77. The van der Waals surface area contributed by atoms with Crippen LogP contribution in [0.2, 0.25) is 0 Å². The van der Waals surface area contributed by atoms with E-state index in [2.05, 4.69) is 11.9 Å². The second-order valence-corrected chi connectivity index (χ2v) is 4.86. The average Bonchev–Trinajstić information content (AvgIpc) is 2.59. The molecule has 1 aromatic carbocycles. The maximum absolute atomic E-state index is 11.8. The minimum Gasteiger partial charge on any atom is -0.321 e. The Morgan fingerprint density at radius 2 is 1.93 bits per heavy atom. The number of H-pyrrole nitrogens is 1. The first kappa shape index (κ1) is 8.68. The fourth-order valence-corrected chi connectivity index (χ4v) is 2.88. The monoisotopic (exact) mass is 215 g/mol. The molecule has 0 radical (unpaired) electrons. The second kappa shape index (κ2) is 2.94. The van der Waals surface area contributed by atoms with Crippen LogP contribution in [-0.4, -0.2) is 4.98 Å². The van der Waals surface area contributed by atoms with Crippen molar-refractivity contribution in [3.8, 4) is 0 Å². The third-order valence-electron chi connectivity index (χ3n) is 2.52. The van der Waals surface area contributed by atoms with Gasteiger partial charge < -0.3 is 4.98 Å². The Hall–Kier alpha value is -1.61. The summed E-state index contributed by atoms with van der Waals surface area (Å²) in [5.41, 5.74) is 0.942. The molecule has 1 N–H and O–H groups in total. The molecule has 0 fully saturated rings. The summed E-state index contributed by atoms with van der Waals surface area (Å²) in [6.07, 6.45) is 0. The zero-order valence-corrected chi connectivity index (χ0v) is 9.02. The number of aryl methyl sites for hydroxylation is 1. The highest BCUT2D eigenvalue weighted by atomic mass is 32.1. The van der Waals surface area contributed by atoms with Gasteiger partial charge in [0.05, 0.1) is 10.2 Å². The predicted octanol–water partition coefficient (Wildman–Crippen LogP) is 3.05. The molecule has 0 aliphatic heterocycles. The molecule has 15 heavy (non-hydrogen) atoms. The fraction of sp³-hybridized carbons (Fsp3) is 0.0833. The van der Waals surface area contributed by atoms with E-state index in [0.29, 0.717) is 0 Å². The van der Waals surface area contributed by atoms with Gasteiger partial charge >= 0.3 is 0 Å². The lowest BCUT2D eigenvalue weighted by atomic mass is 10.1. The van der Waals surface area contributed by atoms with Gasteiger partial charge in [0.15, 0.2) is 0 Å². The Kier molecular flexibility index (Phi) is 1.70. The van der Waals surface area contributed by atoms with Crippen LogP contribution in [-0.2, 0) is 0 Å². The molecule has 3 rings (SSSR count). The summed E-state index contributed by atoms with van der Waals surface area (Å²) >= 11 is 1.72. The maximum Gasteiger partial charge on any atom is 0.256 e. The van der Waals surface area contributed by atoms with E-state index in [1.807, 2.05) is 30.3 Å². The third-order valence-corrected chi connectivity index (χ3v) is 3.60. The van der Waals surface area contributed by atoms with E-state index in [-0.39, 0.29) is 5.56 Å². The molecule has 2 aromatic heterocycles. The van der Waals surface area contributed by atoms with Crippen LogP contribution in [0.25, 0.3) is 21.0 Å². The van der Waals surface area contributed by atoms with E-state index in [0.717, 1.165) is 16.3 Å². The topological polar surface area (TPSA) is 32.9 Å². The summed E-state index contributed by atoms with van der Waals surface area (Å²) in [6, 6.07) is 9.75. The van der Waals surface area contributed by atoms with Crippen LogP contribution in [0.5, 0.6) is 0 Å². The highest BCUT2D eigenvalue weighted by Gasteiger charge is 2.06. The number of aromatic nitrogens is 1. The molecule has 0 bridgehead atoms. The summed E-state index contributed by atoms with van der Waals surface area (Å²) in [4.78, 5) is 15.9.